The highest BCUT2D eigenvalue weighted by atomic mass is 127. The maximum Gasteiger partial charge on any atom is 0.193 e. The van der Waals surface area contributed by atoms with Gasteiger partial charge < -0.3 is 19.7 Å². The van der Waals surface area contributed by atoms with Gasteiger partial charge in [-0.15, -0.1) is 24.0 Å². The van der Waals surface area contributed by atoms with Crippen molar-refractivity contribution in [3.63, 3.8) is 0 Å². The molecule has 0 aromatic heterocycles. The van der Waals surface area contributed by atoms with E-state index in [2.05, 4.69) is 10.3 Å². The molecule has 0 bridgehead atoms. The molecule has 0 unspecified atom stereocenters. The molecule has 1 heterocycles. The number of benzene rings is 1. The molecule has 1 aliphatic heterocycles. The van der Waals surface area contributed by atoms with Gasteiger partial charge in [0.25, 0.3) is 0 Å². The summed E-state index contributed by atoms with van der Waals surface area (Å²) in [4.78, 5) is 6.25. The Kier molecular flexibility index (Phi) is 11.0. The number of hydrogen-bond acceptors (Lipinski definition) is 3. The first kappa shape index (κ1) is 22.1. The van der Waals surface area contributed by atoms with Gasteiger partial charge in [-0.25, -0.2) is 4.39 Å². The second-order valence-electron chi connectivity index (χ2n) is 6.00. The summed E-state index contributed by atoms with van der Waals surface area (Å²) in [6.07, 6.45) is 3.25. The standard InChI is InChI=1S/C18H28FN3O2.HI/c1-20-18(22(2)14-15-5-3-6-16(19)13-15)21-9-4-10-24-17-7-11-23-12-8-17;/h3,5-6,13,17H,4,7-12,14H2,1-2H3,(H,20,21);1H. The van der Waals surface area contributed by atoms with Gasteiger partial charge in [-0.05, 0) is 37.0 Å². The third kappa shape index (κ3) is 8.33. The van der Waals surface area contributed by atoms with Crippen LogP contribution in [0, 0.1) is 5.82 Å². The quantitative estimate of drug-likeness (QED) is 0.291. The first-order chi connectivity index (χ1) is 11.7. The predicted octanol–water partition coefficient (Wildman–Crippen LogP) is 3.04. The maximum atomic E-state index is 13.3. The van der Waals surface area contributed by atoms with Crippen molar-refractivity contribution in [2.75, 3.05) is 40.5 Å². The van der Waals surface area contributed by atoms with E-state index < -0.39 is 0 Å². The van der Waals surface area contributed by atoms with Gasteiger partial charge in [-0.1, -0.05) is 12.1 Å². The lowest BCUT2D eigenvalue weighted by Gasteiger charge is -2.23. The molecule has 1 aliphatic rings. The summed E-state index contributed by atoms with van der Waals surface area (Å²) < 4.78 is 24.4. The SMILES string of the molecule is CN=C(NCCCOC1CCOCC1)N(C)Cc1cccc(F)c1.I. The van der Waals surface area contributed by atoms with Gasteiger partial charge in [0.2, 0.25) is 0 Å². The lowest BCUT2D eigenvalue weighted by atomic mass is 10.1. The highest BCUT2D eigenvalue weighted by Gasteiger charge is 2.13. The zero-order valence-corrected chi connectivity index (χ0v) is 17.4. The van der Waals surface area contributed by atoms with Crippen molar-refractivity contribution in [2.45, 2.75) is 31.9 Å². The summed E-state index contributed by atoms with van der Waals surface area (Å²) in [5.74, 6) is 0.583. The van der Waals surface area contributed by atoms with Crippen molar-refractivity contribution in [3.05, 3.63) is 35.6 Å². The number of rotatable bonds is 7. The Morgan fingerprint density at radius 3 is 2.84 bits per heavy atom. The molecular formula is C18H29FIN3O2. The number of aliphatic imine (C=N–C) groups is 1. The number of nitrogens with one attached hydrogen (secondary N) is 1. The molecule has 142 valence electrons. The first-order valence-corrected chi connectivity index (χ1v) is 8.54. The molecule has 25 heavy (non-hydrogen) atoms. The molecule has 0 atom stereocenters. The van der Waals surface area contributed by atoms with E-state index in [0.29, 0.717) is 12.6 Å². The van der Waals surface area contributed by atoms with Gasteiger partial charge >= 0.3 is 0 Å². The number of hydrogen-bond donors (Lipinski definition) is 1. The van der Waals surface area contributed by atoms with Crippen molar-refractivity contribution >= 4 is 29.9 Å². The average Bonchev–Trinajstić information content (AvgIpc) is 2.59. The molecule has 2 rings (SSSR count). The van der Waals surface area contributed by atoms with E-state index in [4.69, 9.17) is 9.47 Å². The first-order valence-electron chi connectivity index (χ1n) is 8.54. The van der Waals surface area contributed by atoms with Crippen LogP contribution < -0.4 is 5.32 Å². The van der Waals surface area contributed by atoms with Gasteiger partial charge in [0.05, 0.1) is 6.10 Å². The van der Waals surface area contributed by atoms with Gasteiger partial charge in [-0.2, -0.15) is 0 Å². The zero-order chi connectivity index (χ0) is 17.2. The molecule has 1 aromatic rings. The van der Waals surface area contributed by atoms with Crippen LogP contribution in [-0.4, -0.2) is 57.4 Å². The Hall–Kier alpha value is -0.930. The summed E-state index contributed by atoms with van der Waals surface area (Å²) in [6.45, 7) is 3.75. The van der Waals surface area contributed by atoms with Crippen molar-refractivity contribution < 1.29 is 13.9 Å². The molecule has 1 saturated heterocycles. The monoisotopic (exact) mass is 465 g/mol. The number of nitrogens with zero attached hydrogens (tertiary/aromatic N) is 2. The Balaban J connectivity index is 0.00000312. The lowest BCUT2D eigenvalue weighted by molar-refractivity contribution is -0.0320. The minimum absolute atomic E-state index is 0. The second-order valence-corrected chi connectivity index (χ2v) is 6.00. The Bertz CT molecular complexity index is 525. The van der Waals surface area contributed by atoms with E-state index in [-0.39, 0.29) is 29.8 Å². The second kappa shape index (κ2) is 12.4. The smallest absolute Gasteiger partial charge is 0.193 e. The Morgan fingerprint density at radius 1 is 1.40 bits per heavy atom. The van der Waals surface area contributed by atoms with Crippen molar-refractivity contribution in [3.8, 4) is 0 Å². The van der Waals surface area contributed by atoms with E-state index in [9.17, 15) is 4.39 Å². The molecule has 0 aliphatic carbocycles. The van der Waals surface area contributed by atoms with Gasteiger partial charge in [0.1, 0.15) is 5.82 Å². The molecule has 0 saturated carbocycles. The van der Waals surface area contributed by atoms with Crippen molar-refractivity contribution in [1.29, 1.82) is 0 Å². The summed E-state index contributed by atoms with van der Waals surface area (Å²) >= 11 is 0. The van der Waals surface area contributed by atoms with Crippen LogP contribution in [0.1, 0.15) is 24.8 Å². The van der Waals surface area contributed by atoms with Crippen LogP contribution in [0.5, 0.6) is 0 Å². The molecule has 1 N–H and O–H groups in total. The van der Waals surface area contributed by atoms with Crippen LogP contribution in [0.4, 0.5) is 4.39 Å². The van der Waals surface area contributed by atoms with Crippen LogP contribution in [0.25, 0.3) is 0 Å². The Morgan fingerprint density at radius 2 is 2.16 bits per heavy atom. The fraction of sp³-hybridized carbons (Fsp3) is 0.611. The van der Waals surface area contributed by atoms with E-state index in [1.807, 2.05) is 18.0 Å². The fourth-order valence-corrected chi connectivity index (χ4v) is 2.73. The lowest BCUT2D eigenvalue weighted by Crippen LogP contribution is -2.39. The van der Waals surface area contributed by atoms with Crippen LogP contribution in [0.15, 0.2) is 29.3 Å². The van der Waals surface area contributed by atoms with Crippen molar-refractivity contribution in [1.82, 2.24) is 10.2 Å². The van der Waals surface area contributed by atoms with E-state index >= 15 is 0 Å². The number of guanidine groups is 1. The van der Waals surface area contributed by atoms with Crippen LogP contribution in [0.2, 0.25) is 0 Å². The van der Waals surface area contributed by atoms with Crippen molar-refractivity contribution in [2.24, 2.45) is 4.99 Å². The van der Waals surface area contributed by atoms with Gasteiger partial charge in [0, 0.05) is 47.0 Å². The minimum Gasteiger partial charge on any atom is -0.381 e. The molecule has 1 fully saturated rings. The van der Waals surface area contributed by atoms with E-state index in [1.54, 1.807) is 19.2 Å². The largest absolute Gasteiger partial charge is 0.381 e. The molecular weight excluding hydrogens is 436 g/mol. The predicted molar refractivity (Wildman–Crippen MR) is 109 cm³/mol. The maximum absolute atomic E-state index is 13.3. The molecule has 0 radical (unpaired) electrons. The number of halogens is 2. The van der Waals surface area contributed by atoms with Crippen LogP contribution in [-0.2, 0) is 16.0 Å². The highest BCUT2D eigenvalue weighted by molar-refractivity contribution is 14.0. The van der Waals surface area contributed by atoms with E-state index in [0.717, 1.165) is 57.2 Å². The van der Waals surface area contributed by atoms with Gasteiger partial charge in [0.15, 0.2) is 5.96 Å². The summed E-state index contributed by atoms with van der Waals surface area (Å²) in [5.41, 5.74) is 0.920. The normalized spacial score (nSPS) is 15.6. The van der Waals surface area contributed by atoms with Crippen LogP contribution >= 0.6 is 24.0 Å². The molecule has 0 spiro atoms. The third-order valence-electron chi connectivity index (χ3n) is 4.01. The highest BCUT2D eigenvalue weighted by Crippen LogP contribution is 2.10. The van der Waals surface area contributed by atoms with Crippen LogP contribution in [0.3, 0.4) is 0 Å². The minimum atomic E-state index is -0.214. The zero-order valence-electron chi connectivity index (χ0n) is 15.0. The summed E-state index contributed by atoms with van der Waals surface area (Å²) in [5, 5.41) is 3.32. The molecule has 5 nitrogen and oxygen atoms in total. The van der Waals surface area contributed by atoms with Gasteiger partial charge in [-0.3, -0.25) is 4.99 Å². The molecule has 7 heteroatoms. The molecule has 1 aromatic carbocycles. The fourth-order valence-electron chi connectivity index (χ4n) is 2.73. The average molecular weight is 465 g/mol. The van der Waals surface area contributed by atoms with E-state index in [1.165, 1.54) is 6.07 Å². The number of ether oxygens (including phenoxy) is 2. The third-order valence-corrected chi connectivity index (χ3v) is 4.01. The molecule has 0 amide bonds. The Labute approximate surface area is 167 Å². The summed E-state index contributed by atoms with van der Waals surface area (Å²) in [6, 6.07) is 6.64. The summed E-state index contributed by atoms with van der Waals surface area (Å²) in [7, 11) is 3.70. The topological polar surface area (TPSA) is 46.1 Å².